The van der Waals surface area contributed by atoms with Gasteiger partial charge in [-0.15, -0.1) is 0 Å². The number of carbonyl (C=O) groups excluding carboxylic acids is 2. The minimum absolute atomic E-state index is 0.0542. The van der Waals surface area contributed by atoms with Gasteiger partial charge >= 0.3 is 0 Å². The first-order valence-electron chi connectivity index (χ1n) is 13.4. The molecule has 1 aliphatic heterocycles. The van der Waals surface area contributed by atoms with Crippen molar-refractivity contribution in [3.05, 3.63) is 90.2 Å². The minimum Gasteiger partial charge on any atom is -0.494 e. The van der Waals surface area contributed by atoms with Crippen molar-refractivity contribution in [1.29, 1.82) is 0 Å². The number of rotatable bonds is 13. The lowest BCUT2D eigenvalue weighted by Crippen LogP contribution is -2.39. The molecule has 0 aromatic heterocycles. The molecule has 0 unspecified atom stereocenters. The lowest BCUT2D eigenvalue weighted by molar-refractivity contribution is -0.124. The van der Waals surface area contributed by atoms with E-state index >= 15 is 0 Å². The lowest BCUT2D eigenvalue weighted by atomic mass is 10.1. The third-order valence-electron chi connectivity index (χ3n) is 6.67. The molecule has 1 fully saturated rings. The Hall–Kier alpha value is -3.78. The Bertz CT molecular complexity index is 1250. The smallest absolute Gasteiger partial charge is 0.256 e. The van der Waals surface area contributed by atoms with Gasteiger partial charge in [0.1, 0.15) is 17.6 Å². The predicted octanol–water partition coefficient (Wildman–Crippen LogP) is 6.36. The molecule has 3 aromatic carbocycles. The fourth-order valence-corrected chi connectivity index (χ4v) is 4.96. The molecule has 0 saturated carbocycles. The van der Waals surface area contributed by atoms with E-state index in [4.69, 9.17) is 17.0 Å². The van der Waals surface area contributed by atoms with Crippen LogP contribution in [-0.2, 0) is 16.0 Å². The van der Waals surface area contributed by atoms with E-state index in [9.17, 15) is 14.0 Å². The highest BCUT2D eigenvalue weighted by Crippen LogP contribution is 2.28. The van der Waals surface area contributed by atoms with Crippen molar-refractivity contribution in [3.8, 4) is 5.75 Å². The molecule has 0 spiro atoms. The maximum Gasteiger partial charge on any atom is 0.256 e. The van der Waals surface area contributed by atoms with E-state index in [0.717, 1.165) is 24.2 Å². The molecule has 0 aliphatic carbocycles. The summed E-state index contributed by atoms with van der Waals surface area (Å²) in [5, 5.41) is 3.25. The van der Waals surface area contributed by atoms with Gasteiger partial charge in [0.25, 0.3) is 5.91 Å². The van der Waals surface area contributed by atoms with Crippen LogP contribution in [0.2, 0.25) is 0 Å². The largest absolute Gasteiger partial charge is 0.494 e. The van der Waals surface area contributed by atoms with Gasteiger partial charge in [-0.25, -0.2) is 4.39 Å². The fraction of sp³-hybridized carbons (Fsp3) is 0.323. The van der Waals surface area contributed by atoms with Crippen LogP contribution in [0.1, 0.15) is 44.6 Å². The summed E-state index contributed by atoms with van der Waals surface area (Å²) in [7, 11) is 0. The quantitative estimate of drug-likeness (QED) is 0.199. The second-order valence-corrected chi connectivity index (χ2v) is 9.93. The fourth-order valence-electron chi connectivity index (χ4n) is 4.54. The number of hydrogen-bond acceptors (Lipinski definition) is 4. The van der Waals surface area contributed by atoms with E-state index in [-0.39, 0.29) is 24.1 Å². The molecule has 204 valence electrons. The Morgan fingerprint density at radius 2 is 1.69 bits per heavy atom. The number of carbonyl (C=O) groups is 2. The van der Waals surface area contributed by atoms with Crippen LogP contribution in [0.3, 0.4) is 0 Å². The highest BCUT2D eigenvalue weighted by Gasteiger charge is 2.43. The van der Waals surface area contributed by atoms with Crippen LogP contribution in [0, 0.1) is 5.82 Å². The molecule has 0 bridgehead atoms. The number of anilines is 2. The van der Waals surface area contributed by atoms with Crippen molar-refractivity contribution in [3.63, 3.8) is 0 Å². The van der Waals surface area contributed by atoms with E-state index in [1.165, 1.54) is 29.9 Å². The molecule has 1 atom stereocenters. The van der Waals surface area contributed by atoms with E-state index in [0.29, 0.717) is 36.1 Å². The molecular formula is C31H34FN3O3S. The van der Waals surface area contributed by atoms with Crippen molar-refractivity contribution in [2.75, 3.05) is 23.4 Å². The summed E-state index contributed by atoms with van der Waals surface area (Å²) in [5.74, 6) is -0.0772. The van der Waals surface area contributed by atoms with Crippen molar-refractivity contribution >= 4 is 40.5 Å². The number of nitrogens with one attached hydrogen (secondary N) is 1. The lowest BCUT2D eigenvalue weighted by Gasteiger charge is -2.24. The van der Waals surface area contributed by atoms with Gasteiger partial charge < -0.3 is 15.0 Å². The zero-order valence-electron chi connectivity index (χ0n) is 22.1. The summed E-state index contributed by atoms with van der Waals surface area (Å²) in [4.78, 5) is 29.9. The Morgan fingerprint density at radius 3 is 2.38 bits per heavy atom. The first kappa shape index (κ1) is 28.2. The van der Waals surface area contributed by atoms with Crippen LogP contribution < -0.4 is 15.0 Å². The average Bonchev–Trinajstić information content (AvgIpc) is 3.17. The van der Waals surface area contributed by atoms with Crippen LogP contribution >= 0.6 is 12.2 Å². The van der Waals surface area contributed by atoms with Crippen LogP contribution in [-0.4, -0.2) is 41.0 Å². The second-order valence-electron chi connectivity index (χ2n) is 9.56. The Labute approximate surface area is 234 Å². The molecular weight excluding hydrogens is 513 g/mol. The number of nitrogens with zero attached hydrogens (tertiary/aromatic N) is 2. The highest BCUT2D eigenvalue weighted by atomic mass is 32.1. The topological polar surface area (TPSA) is 61.9 Å². The summed E-state index contributed by atoms with van der Waals surface area (Å²) in [6, 6.07) is 21.9. The first-order valence-corrected chi connectivity index (χ1v) is 13.8. The molecule has 0 radical (unpaired) electrons. The monoisotopic (exact) mass is 547 g/mol. The minimum atomic E-state index is -0.746. The van der Waals surface area contributed by atoms with E-state index < -0.39 is 6.04 Å². The molecule has 1 aliphatic rings. The Kier molecular flexibility index (Phi) is 10.0. The van der Waals surface area contributed by atoms with Gasteiger partial charge in [0.05, 0.1) is 18.7 Å². The van der Waals surface area contributed by atoms with Crippen molar-refractivity contribution in [2.45, 2.75) is 51.5 Å². The zero-order chi connectivity index (χ0) is 27.6. The van der Waals surface area contributed by atoms with Crippen LogP contribution in [0.4, 0.5) is 15.8 Å². The summed E-state index contributed by atoms with van der Waals surface area (Å²) in [6.07, 6.45) is 5.05. The molecule has 39 heavy (non-hydrogen) atoms. The molecule has 4 rings (SSSR count). The summed E-state index contributed by atoms with van der Waals surface area (Å²) in [5.41, 5.74) is 2.21. The van der Waals surface area contributed by atoms with Crippen LogP contribution in [0.15, 0.2) is 78.9 Å². The van der Waals surface area contributed by atoms with Gasteiger partial charge in [-0.3, -0.25) is 14.5 Å². The van der Waals surface area contributed by atoms with E-state index in [1.807, 2.05) is 42.5 Å². The average molecular weight is 548 g/mol. The standard InChI is InChI=1S/C31H34FN3O3S/c1-2-3-4-8-21-38-27-17-15-25(16-18-27)33-29(36)22-28-30(37)35(26-9-6-5-7-10-26)31(39)34(28)20-19-23-11-13-24(32)14-12-23/h5-7,9-18,28H,2-4,8,19-22H2,1H3,(H,33,36)/t28-/m1/s1. The molecule has 1 N–H and O–H groups in total. The van der Waals surface area contributed by atoms with Crippen molar-refractivity contribution < 1.29 is 18.7 Å². The molecule has 3 aromatic rings. The van der Waals surface area contributed by atoms with Crippen molar-refractivity contribution in [2.24, 2.45) is 0 Å². The number of ether oxygens (including phenoxy) is 1. The van der Waals surface area contributed by atoms with Gasteiger partial charge in [0.2, 0.25) is 5.91 Å². The molecule has 2 amide bonds. The zero-order valence-corrected chi connectivity index (χ0v) is 23.0. The molecule has 1 heterocycles. The maximum absolute atomic E-state index is 13.5. The first-order chi connectivity index (χ1) is 19.0. The van der Waals surface area contributed by atoms with Crippen LogP contribution in [0.25, 0.3) is 0 Å². The van der Waals surface area contributed by atoms with Gasteiger partial charge in [0, 0.05) is 12.2 Å². The predicted molar refractivity (Wildman–Crippen MR) is 156 cm³/mol. The SMILES string of the molecule is CCCCCCOc1ccc(NC(=O)C[C@@H]2C(=O)N(c3ccccc3)C(=S)N2CCc2ccc(F)cc2)cc1. The van der Waals surface area contributed by atoms with Gasteiger partial charge in [-0.05, 0) is 79.2 Å². The third kappa shape index (κ3) is 7.63. The molecule has 8 heteroatoms. The van der Waals surface area contributed by atoms with E-state index in [1.54, 1.807) is 29.2 Å². The number of unbranched alkanes of at least 4 members (excludes halogenated alkanes) is 3. The summed E-state index contributed by atoms with van der Waals surface area (Å²) < 4.78 is 19.1. The summed E-state index contributed by atoms with van der Waals surface area (Å²) >= 11 is 5.71. The normalized spacial score (nSPS) is 15.1. The number of hydrogen-bond donors (Lipinski definition) is 1. The van der Waals surface area contributed by atoms with Crippen molar-refractivity contribution in [1.82, 2.24) is 4.90 Å². The van der Waals surface area contributed by atoms with Gasteiger partial charge in [0.15, 0.2) is 5.11 Å². The number of halogens is 1. The number of benzene rings is 3. The van der Waals surface area contributed by atoms with Gasteiger partial charge in [-0.1, -0.05) is 56.5 Å². The Morgan fingerprint density at radius 1 is 0.974 bits per heavy atom. The molecule has 6 nitrogen and oxygen atoms in total. The molecule has 1 saturated heterocycles. The highest BCUT2D eigenvalue weighted by molar-refractivity contribution is 7.80. The second kappa shape index (κ2) is 13.8. The number of para-hydroxylation sites is 1. The van der Waals surface area contributed by atoms with E-state index in [2.05, 4.69) is 12.2 Å². The maximum atomic E-state index is 13.5. The van der Waals surface area contributed by atoms with Crippen LogP contribution in [0.5, 0.6) is 5.75 Å². The number of amides is 2. The Balaban J connectivity index is 1.41. The third-order valence-corrected chi connectivity index (χ3v) is 7.09. The summed E-state index contributed by atoms with van der Waals surface area (Å²) in [6.45, 7) is 3.26. The number of thiocarbonyl (C=S) groups is 1. The van der Waals surface area contributed by atoms with Gasteiger partial charge in [-0.2, -0.15) is 0 Å².